The first-order valence-electron chi connectivity index (χ1n) is 11.3. The van der Waals surface area contributed by atoms with E-state index in [1.165, 1.54) is 5.56 Å². The molecule has 3 aromatic rings. The lowest BCUT2D eigenvalue weighted by molar-refractivity contribution is -0.120. The van der Waals surface area contributed by atoms with Crippen molar-refractivity contribution in [2.45, 2.75) is 24.8 Å². The molecule has 1 spiro atoms. The Kier molecular flexibility index (Phi) is 4.87. The maximum absolute atomic E-state index is 10.2. The Hall–Kier alpha value is -2.59. The van der Waals surface area contributed by atoms with Crippen molar-refractivity contribution in [2.24, 2.45) is 18.9 Å². The molecule has 2 aromatic heterocycles. The monoisotopic (exact) mass is 435 g/mol. The zero-order valence-electron chi connectivity index (χ0n) is 18.3. The Morgan fingerprint density at radius 1 is 1.16 bits per heavy atom. The molecule has 0 unspecified atom stereocenters. The SMILES string of the molecule is Cn1cc(CN2C[C@H]3O[C@@]4(CN(Cc5cccc(-n6cccn6)c5)C[C@@H]4[C@@H]3CO)C2)nn1. The maximum atomic E-state index is 10.2. The molecule has 4 atom stereocenters. The van der Waals surface area contributed by atoms with Crippen molar-refractivity contribution in [3.8, 4) is 5.69 Å². The number of aliphatic hydroxyl groups is 1. The van der Waals surface area contributed by atoms with Gasteiger partial charge in [0.1, 0.15) is 0 Å². The lowest BCUT2D eigenvalue weighted by Gasteiger charge is -2.40. The van der Waals surface area contributed by atoms with Gasteiger partial charge in [-0.2, -0.15) is 5.10 Å². The molecule has 0 saturated carbocycles. The van der Waals surface area contributed by atoms with E-state index in [9.17, 15) is 5.11 Å². The molecular weight excluding hydrogens is 406 g/mol. The van der Waals surface area contributed by atoms with Gasteiger partial charge in [-0.1, -0.05) is 17.3 Å². The predicted octanol–water partition coefficient (Wildman–Crippen LogP) is 0.694. The fourth-order valence-electron chi connectivity index (χ4n) is 6.04. The first-order valence-corrected chi connectivity index (χ1v) is 11.3. The zero-order chi connectivity index (χ0) is 21.7. The highest BCUT2D eigenvalue weighted by atomic mass is 16.5. The highest BCUT2D eigenvalue weighted by Gasteiger charge is 2.62. The average molecular weight is 436 g/mol. The van der Waals surface area contributed by atoms with Crippen molar-refractivity contribution >= 4 is 0 Å². The van der Waals surface area contributed by atoms with Crippen molar-refractivity contribution in [3.05, 3.63) is 60.2 Å². The molecule has 0 amide bonds. The Balaban J connectivity index is 1.19. The molecule has 3 aliphatic heterocycles. The lowest BCUT2D eigenvalue weighted by Crippen LogP contribution is -2.53. The molecular formula is C23H29N7O2. The van der Waals surface area contributed by atoms with E-state index in [1.807, 2.05) is 30.2 Å². The molecule has 2 bridgehead atoms. The number of likely N-dealkylation sites (tertiary alicyclic amines) is 2. The second-order valence-corrected chi connectivity index (χ2v) is 9.52. The first-order chi connectivity index (χ1) is 15.6. The van der Waals surface area contributed by atoms with E-state index in [0.717, 1.165) is 50.6 Å². The Morgan fingerprint density at radius 2 is 2.03 bits per heavy atom. The lowest BCUT2D eigenvalue weighted by atomic mass is 9.83. The molecule has 32 heavy (non-hydrogen) atoms. The van der Waals surface area contributed by atoms with E-state index < -0.39 is 0 Å². The largest absolute Gasteiger partial charge is 0.396 e. The van der Waals surface area contributed by atoms with E-state index in [2.05, 4.69) is 49.5 Å². The van der Waals surface area contributed by atoms with Gasteiger partial charge in [0.2, 0.25) is 0 Å². The summed E-state index contributed by atoms with van der Waals surface area (Å²) in [7, 11) is 1.90. The molecule has 9 heteroatoms. The molecule has 168 valence electrons. The molecule has 3 fully saturated rings. The summed E-state index contributed by atoms with van der Waals surface area (Å²) in [5.41, 5.74) is 3.09. The number of benzene rings is 1. The topological polar surface area (TPSA) is 84.5 Å². The number of ether oxygens (including phenoxy) is 1. The normalized spacial score (nSPS) is 30.1. The van der Waals surface area contributed by atoms with Crippen LogP contribution in [0.1, 0.15) is 11.3 Å². The van der Waals surface area contributed by atoms with Crippen molar-refractivity contribution in [1.82, 2.24) is 34.6 Å². The number of hydrogen-bond acceptors (Lipinski definition) is 7. The fraction of sp³-hybridized carbons (Fsp3) is 0.522. The van der Waals surface area contributed by atoms with Gasteiger partial charge < -0.3 is 9.84 Å². The number of morpholine rings is 1. The average Bonchev–Trinajstić information content (AvgIpc) is 3.53. The number of aryl methyl sites for hydroxylation is 1. The van der Waals surface area contributed by atoms with Crippen molar-refractivity contribution < 1.29 is 9.84 Å². The van der Waals surface area contributed by atoms with E-state index in [1.54, 1.807) is 10.9 Å². The standard InChI is InChI=1S/C23H29N7O2/c1-27-10-18(25-26-27)11-29-13-22-20(14-31)21-12-28(15-23(21,16-29)32-22)9-17-4-2-5-19(8-17)30-7-3-6-24-30/h2-8,10,20-22,31H,9,11-16H2,1H3/t20-,21+,22+,23-/m0/s1. The van der Waals surface area contributed by atoms with E-state index in [4.69, 9.17) is 4.74 Å². The summed E-state index contributed by atoms with van der Waals surface area (Å²) in [6.07, 6.45) is 5.82. The molecule has 1 aromatic carbocycles. The van der Waals surface area contributed by atoms with Gasteiger partial charge >= 0.3 is 0 Å². The minimum absolute atomic E-state index is 0.0840. The predicted molar refractivity (Wildman–Crippen MR) is 117 cm³/mol. The van der Waals surface area contributed by atoms with Gasteiger partial charge in [-0.3, -0.25) is 14.5 Å². The van der Waals surface area contributed by atoms with E-state index in [0.29, 0.717) is 5.92 Å². The molecule has 6 rings (SSSR count). The molecule has 1 N–H and O–H groups in total. The first kappa shape index (κ1) is 20.0. The second kappa shape index (κ2) is 7.77. The van der Waals surface area contributed by atoms with Gasteiger partial charge in [0.05, 0.1) is 23.1 Å². The van der Waals surface area contributed by atoms with Crippen molar-refractivity contribution in [3.63, 3.8) is 0 Å². The molecule has 3 aliphatic rings. The summed E-state index contributed by atoms with van der Waals surface area (Å²) >= 11 is 0. The molecule has 0 radical (unpaired) electrons. The number of hydrogen-bond donors (Lipinski definition) is 1. The van der Waals surface area contributed by atoms with Gasteiger partial charge in [0, 0.05) is 83.3 Å². The Labute approximate surface area is 187 Å². The summed E-state index contributed by atoms with van der Waals surface area (Å²) < 4.78 is 10.3. The third-order valence-corrected chi connectivity index (χ3v) is 7.26. The van der Waals surface area contributed by atoms with E-state index >= 15 is 0 Å². The molecule has 0 aliphatic carbocycles. The zero-order valence-corrected chi connectivity index (χ0v) is 18.3. The number of fused-ring (bicyclic) bond motifs is 1. The van der Waals surface area contributed by atoms with Crippen LogP contribution in [0.3, 0.4) is 0 Å². The summed E-state index contributed by atoms with van der Waals surface area (Å²) in [6, 6.07) is 10.5. The van der Waals surface area contributed by atoms with Crippen LogP contribution in [-0.2, 0) is 24.9 Å². The minimum atomic E-state index is -0.224. The molecule has 3 saturated heterocycles. The Morgan fingerprint density at radius 3 is 2.78 bits per heavy atom. The van der Waals surface area contributed by atoms with Gasteiger partial charge in [-0.15, -0.1) is 5.10 Å². The van der Waals surface area contributed by atoms with Crippen LogP contribution >= 0.6 is 0 Å². The second-order valence-electron chi connectivity index (χ2n) is 9.52. The number of aromatic nitrogens is 5. The number of nitrogens with zero attached hydrogens (tertiary/aromatic N) is 7. The van der Waals surface area contributed by atoms with Crippen LogP contribution in [0.25, 0.3) is 5.69 Å². The van der Waals surface area contributed by atoms with Gasteiger partial charge in [0.15, 0.2) is 0 Å². The van der Waals surface area contributed by atoms with Crippen molar-refractivity contribution in [2.75, 3.05) is 32.8 Å². The quantitative estimate of drug-likeness (QED) is 0.610. The summed E-state index contributed by atoms with van der Waals surface area (Å²) in [6.45, 7) is 5.35. The van der Waals surface area contributed by atoms with Crippen LogP contribution in [0.5, 0.6) is 0 Å². The molecule has 5 heterocycles. The highest BCUT2D eigenvalue weighted by Crippen LogP contribution is 2.49. The van der Waals surface area contributed by atoms with Crippen LogP contribution in [0.4, 0.5) is 0 Å². The molecule has 9 nitrogen and oxygen atoms in total. The van der Waals surface area contributed by atoms with Gasteiger partial charge in [-0.05, 0) is 23.8 Å². The third-order valence-electron chi connectivity index (χ3n) is 7.26. The fourth-order valence-corrected chi connectivity index (χ4v) is 6.04. The Bertz CT molecular complexity index is 1080. The van der Waals surface area contributed by atoms with Crippen LogP contribution in [0, 0.1) is 11.8 Å². The summed E-state index contributed by atoms with van der Waals surface area (Å²) in [5.74, 6) is 0.529. The smallest absolute Gasteiger partial charge is 0.0984 e. The van der Waals surface area contributed by atoms with Crippen LogP contribution in [-0.4, -0.2) is 84.2 Å². The van der Waals surface area contributed by atoms with Gasteiger partial charge in [0.25, 0.3) is 0 Å². The van der Waals surface area contributed by atoms with Gasteiger partial charge in [-0.25, -0.2) is 4.68 Å². The van der Waals surface area contributed by atoms with Crippen LogP contribution in [0.15, 0.2) is 48.9 Å². The summed E-state index contributed by atoms with van der Waals surface area (Å²) in [4.78, 5) is 4.92. The minimum Gasteiger partial charge on any atom is -0.396 e. The van der Waals surface area contributed by atoms with Crippen LogP contribution in [0.2, 0.25) is 0 Å². The number of rotatable bonds is 6. The van der Waals surface area contributed by atoms with E-state index in [-0.39, 0.29) is 24.2 Å². The maximum Gasteiger partial charge on any atom is 0.0984 e. The highest BCUT2D eigenvalue weighted by molar-refractivity contribution is 5.35. The van der Waals surface area contributed by atoms with Crippen molar-refractivity contribution in [1.29, 1.82) is 0 Å². The summed E-state index contributed by atoms with van der Waals surface area (Å²) in [5, 5.41) is 22.9. The van der Waals surface area contributed by atoms with Crippen LogP contribution < -0.4 is 0 Å². The third kappa shape index (κ3) is 3.45. The number of aliphatic hydroxyl groups excluding tert-OH is 1.